The molecule has 0 aromatic carbocycles. The fourth-order valence-electron chi connectivity index (χ4n) is 3.43. The standard InChI is InChI=1S/C19H29NO4/c1-4-23-18(21)19(9-12-22-3)8-6-10-20(15-19)14-16(2)13-17-7-5-11-24-17/h5,7,11,13H,4,6,8-10,12,14-15H2,1-3H3/b16-13+/t19-/m0/s1. The zero-order valence-electron chi connectivity index (χ0n) is 15.0. The maximum absolute atomic E-state index is 12.6. The van der Waals surface area contributed by atoms with Crippen LogP contribution in [0, 0.1) is 5.41 Å². The first-order valence-corrected chi connectivity index (χ1v) is 8.69. The predicted octanol–water partition coefficient (Wildman–Crippen LogP) is 3.36. The smallest absolute Gasteiger partial charge is 0.313 e. The van der Waals surface area contributed by atoms with Crippen LogP contribution in [0.2, 0.25) is 0 Å². The van der Waals surface area contributed by atoms with Crippen molar-refractivity contribution in [1.82, 2.24) is 4.90 Å². The van der Waals surface area contributed by atoms with Crippen molar-refractivity contribution in [3.63, 3.8) is 0 Å². The van der Waals surface area contributed by atoms with Crippen molar-refractivity contribution < 1.29 is 18.7 Å². The minimum Gasteiger partial charge on any atom is -0.466 e. The SMILES string of the molecule is CCOC(=O)[C@]1(CCOC)CCCN(C/C(C)=C/c2ccco2)C1. The lowest BCUT2D eigenvalue weighted by atomic mass is 9.77. The summed E-state index contributed by atoms with van der Waals surface area (Å²) in [5, 5.41) is 0. The third kappa shape index (κ3) is 4.95. The van der Waals surface area contributed by atoms with Gasteiger partial charge in [-0.2, -0.15) is 0 Å². The molecule has 1 aromatic rings. The van der Waals surface area contributed by atoms with Crippen LogP contribution < -0.4 is 0 Å². The van der Waals surface area contributed by atoms with Crippen LogP contribution in [0.1, 0.15) is 38.9 Å². The van der Waals surface area contributed by atoms with Gasteiger partial charge in [0.1, 0.15) is 5.76 Å². The van der Waals surface area contributed by atoms with E-state index in [1.807, 2.05) is 19.1 Å². The number of piperidine rings is 1. The Balaban J connectivity index is 2.05. The van der Waals surface area contributed by atoms with Crippen LogP contribution in [0.25, 0.3) is 6.08 Å². The number of nitrogens with zero attached hydrogens (tertiary/aromatic N) is 1. The van der Waals surface area contributed by atoms with Gasteiger partial charge in [-0.25, -0.2) is 0 Å². The lowest BCUT2D eigenvalue weighted by Crippen LogP contribution is -2.49. The molecule has 5 heteroatoms. The molecule has 0 N–H and O–H groups in total. The summed E-state index contributed by atoms with van der Waals surface area (Å²) in [7, 11) is 1.68. The molecule has 1 fully saturated rings. The Kier molecular flexibility index (Phi) is 7.06. The van der Waals surface area contributed by atoms with Gasteiger partial charge < -0.3 is 13.9 Å². The summed E-state index contributed by atoms with van der Waals surface area (Å²) >= 11 is 0. The summed E-state index contributed by atoms with van der Waals surface area (Å²) in [6, 6.07) is 3.83. The maximum Gasteiger partial charge on any atom is 0.313 e. The molecule has 1 aliphatic heterocycles. The molecule has 0 aliphatic carbocycles. The second-order valence-corrected chi connectivity index (χ2v) is 6.56. The van der Waals surface area contributed by atoms with Gasteiger partial charge in [0.05, 0.1) is 18.3 Å². The van der Waals surface area contributed by atoms with Gasteiger partial charge in [-0.3, -0.25) is 9.69 Å². The molecule has 1 aliphatic rings. The highest BCUT2D eigenvalue weighted by Gasteiger charge is 2.43. The van der Waals surface area contributed by atoms with E-state index in [-0.39, 0.29) is 5.97 Å². The fourth-order valence-corrected chi connectivity index (χ4v) is 3.43. The Morgan fingerprint density at radius 2 is 2.33 bits per heavy atom. The highest BCUT2D eigenvalue weighted by Crippen LogP contribution is 2.35. The first kappa shape index (κ1) is 18.7. The van der Waals surface area contributed by atoms with Crippen LogP contribution in [0.15, 0.2) is 28.4 Å². The topological polar surface area (TPSA) is 51.9 Å². The molecule has 0 radical (unpaired) electrons. The summed E-state index contributed by atoms with van der Waals surface area (Å²) in [4.78, 5) is 14.9. The molecule has 5 nitrogen and oxygen atoms in total. The largest absolute Gasteiger partial charge is 0.466 e. The van der Waals surface area contributed by atoms with Gasteiger partial charge in [-0.05, 0) is 57.9 Å². The zero-order chi connectivity index (χ0) is 17.4. The second kappa shape index (κ2) is 9.04. The van der Waals surface area contributed by atoms with E-state index in [1.54, 1.807) is 13.4 Å². The Hall–Kier alpha value is -1.59. The lowest BCUT2D eigenvalue weighted by Gasteiger charge is -2.41. The summed E-state index contributed by atoms with van der Waals surface area (Å²) in [6.07, 6.45) is 6.30. The number of furan rings is 1. The van der Waals surface area contributed by atoms with E-state index >= 15 is 0 Å². The van der Waals surface area contributed by atoms with Crippen LogP contribution >= 0.6 is 0 Å². The molecule has 2 rings (SSSR count). The van der Waals surface area contributed by atoms with Crippen molar-refractivity contribution in [3.05, 3.63) is 29.7 Å². The van der Waals surface area contributed by atoms with Crippen LogP contribution in [0.3, 0.4) is 0 Å². The Morgan fingerprint density at radius 3 is 3.00 bits per heavy atom. The average Bonchev–Trinajstić information content (AvgIpc) is 3.06. The average molecular weight is 335 g/mol. The number of likely N-dealkylation sites (tertiary alicyclic amines) is 1. The van der Waals surface area contributed by atoms with E-state index in [2.05, 4.69) is 17.9 Å². The van der Waals surface area contributed by atoms with Crippen molar-refractivity contribution in [3.8, 4) is 0 Å². The van der Waals surface area contributed by atoms with Crippen LogP contribution in [-0.4, -0.2) is 50.8 Å². The molecule has 1 aromatic heterocycles. The molecular weight excluding hydrogens is 306 g/mol. The van der Waals surface area contributed by atoms with E-state index in [0.717, 1.165) is 38.2 Å². The van der Waals surface area contributed by atoms with Crippen molar-refractivity contribution in [1.29, 1.82) is 0 Å². The van der Waals surface area contributed by atoms with Crippen LogP contribution in [0.4, 0.5) is 0 Å². The van der Waals surface area contributed by atoms with Crippen molar-refractivity contribution in [2.75, 3.05) is 40.0 Å². The zero-order valence-corrected chi connectivity index (χ0v) is 15.0. The van der Waals surface area contributed by atoms with Crippen LogP contribution in [-0.2, 0) is 14.3 Å². The second-order valence-electron chi connectivity index (χ2n) is 6.56. The quantitative estimate of drug-likeness (QED) is 0.682. The molecule has 1 atom stereocenters. The number of hydrogen-bond donors (Lipinski definition) is 0. The third-order valence-electron chi connectivity index (χ3n) is 4.55. The van der Waals surface area contributed by atoms with E-state index < -0.39 is 5.41 Å². The molecule has 1 saturated heterocycles. The molecule has 0 amide bonds. The van der Waals surface area contributed by atoms with Gasteiger partial charge in [0.25, 0.3) is 0 Å². The highest BCUT2D eigenvalue weighted by molar-refractivity contribution is 5.77. The molecule has 0 saturated carbocycles. The Morgan fingerprint density at radius 1 is 1.50 bits per heavy atom. The number of carbonyl (C=O) groups excluding carboxylic acids is 1. The summed E-state index contributed by atoms with van der Waals surface area (Å²) in [6.45, 7) is 7.50. The van der Waals surface area contributed by atoms with Gasteiger partial charge in [-0.1, -0.05) is 5.57 Å². The van der Waals surface area contributed by atoms with Gasteiger partial charge in [-0.15, -0.1) is 0 Å². The number of hydrogen-bond acceptors (Lipinski definition) is 5. The number of methoxy groups -OCH3 is 1. The normalized spacial score (nSPS) is 22.5. The molecule has 134 valence electrons. The molecule has 24 heavy (non-hydrogen) atoms. The van der Waals surface area contributed by atoms with Crippen molar-refractivity contribution in [2.45, 2.75) is 33.1 Å². The number of esters is 1. The van der Waals surface area contributed by atoms with Crippen molar-refractivity contribution in [2.24, 2.45) is 5.41 Å². The summed E-state index contributed by atoms with van der Waals surface area (Å²) in [5.41, 5.74) is 0.770. The Bertz CT molecular complexity index is 538. The minimum atomic E-state index is -0.449. The van der Waals surface area contributed by atoms with Gasteiger partial charge >= 0.3 is 5.97 Å². The Labute approximate surface area is 144 Å². The van der Waals surface area contributed by atoms with E-state index in [0.29, 0.717) is 19.6 Å². The summed E-state index contributed by atoms with van der Waals surface area (Å²) < 4.78 is 16.0. The first-order chi connectivity index (χ1) is 11.6. The van der Waals surface area contributed by atoms with Crippen LogP contribution in [0.5, 0.6) is 0 Å². The molecule has 0 unspecified atom stereocenters. The fraction of sp³-hybridized carbons (Fsp3) is 0.632. The summed E-state index contributed by atoms with van der Waals surface area (Å²) in [5.74, 6) is 0.778. The molecule has 0 spiro atoms. The lowest BCUT2D eigenvalue weighted by molar-refractivity contribution is -0.160. The molecule has 0 bridgehead atoms. The maximum atomic E-state index is 12.6. The number of rotatable bonds is 8. The van der Waals surface area contributed by atoms with Gasteiger partial charge in [0.2, 0.25) is 0 Å². The van der Waals surface area contributed by atoms with E-state index in [9.17, 15) is 4.79 Å². The number of ether oxygens (including phenoxy) is 2. The minimum absolute atomic E-state index is 0.0839. The highest BCUT2D eigenvalue weighted by atomic mass is 16.5. The number of carbonyl (C=O) groups is 1. The van der Waals surface area contributed by atoms with Gasteiger partial charge in [0, 0.05) is 26.8 Å². The monoisotopic (exact) mass is 335 g/mol. The van der Waals surface area contributed by atoms with E-state index in [4.69, 9.17) is 13.9 Å². The van der Waals surface area contributed by atoms with Gasteiger partial charge in [0.15, 0.2) is 0 Å². The molecular formula is C19H29NO4. The first-order valence-electron chi connectivity index (χ1n) is 8.69. The van der Waals surface area contributed by atoms with Crippen molar-refractivity contribution >= 4 is 12.0 Å². The third-order valence-corrected chi connectivity index (χ3v) is 4.55. The molecule has 2 heterocycles. The van der Waals surface area contributed by atoms with E-state index in [1.165, 1.54) is 5.57 Å². The predicted molar refractivity (Wildman–Crippen MR) is 93.6 cm³/mol.